The Morgan fingerprint density at radius 1 is 0.647 bits per heavy atom. The maximum Gasteiger partial charge on any atom is 0.0822 e. The Labute approximate surface area is 108 Å². The summed E-state index contributed by atoms with van der Waals surface area (Å²) in [6.07, 6.45) is 19.9. The predicted molar refractivity (Wildman–Crippen MR) is 75.8 cm³/mol. The Bertz CT molecular complexity index is 152. The number of hydrogen-bond acceptors (Lipinski definition) is 0. The zero-order valence-electron chi connectivity index (χ0n) is 11.8. The van der Waals surface area contributed by atoms with Gasteiger partial charge in [-0.25, -0.2) is 5.11 Å². The maximum absolute atomic E-state index is 10.2. The molecular formula is C16H31O. The van der Waals surface area contributed by atoms with E-state index in [-0.39, 0.29) is 6.61 Å². The summed E-state index contributed by atoms with van der Waals surface area (Å²) in [5.41, 5.74) is 0. The van der Waals surface area contributed by atoms with E-state index in [9.17, 15) is 5.11 Å². The summed E-state index contributed by atoms with van der Waals surface area (Å²) in [5, 5.41) is 10.2. The summed E-state index contributed by atoms with van der Waals surface area (Å²) < 4.78 is 0. The standard InChI is InChI=1S/C16H31O/c1-2-3-4-5-6-7-8-9-10-11-12-13-14-15-16-17/h7-8H,2-6,9-16H2,1H3. The van der Waals surface area contributed by atoms with Crippen LogP contribution in [-0.4, -0.2) is 6.61 Å². The van der Waals surface area contributed by atoms with Gasteiger partial charge in [-0.2, -0.15) is 0 Å². The van der Waals surface area contributed by atoms with Gasteiger partial charge in [0.05, 0.1) is 6.61 Å². The van der Waals surface area contributed by atoms with E-state index >= 15 is 0 Å². The number of unbranched alkanes of at least 4 members (excludes halogenated alkanes) is 10. The maximum atomic E-state index is 10.2. The van der Waals surface area contributed by atoms with E-state index in [1.165, 1.54) is 64.2 Å². The zero-order chi connectivity index (χ0) is 12.6. The van der Waals surface area contributed by atoms with Crippen molar-refractivity contribution in [3.63, 3.8) is 0 Å². The van der Waals surface area contributed by atoms with Gasteiger partial charge in [0.25, 0.3) is 0 Å². The Morgan fingerprint density at radius 3 is 1.65 bits per heavy atom. The first-order chi connectivity index (χ1) is 8.41. The molecule has 0 aromatic carbocycles. The van der Waals surface area contributed by atoms with Gasteiger partial charge in [0.1, 0.15) is 0 Å². The van der Waals surface area contributed by atoms with Crippen molar-refractivity contribution in [1.82, 2.24) is 0 Å². The normalized spacial score (nSPS) is 11.4. The molecular weight excluding hydrogens is 208 g/mol. The minimum atomic E-state index is 0.112. The molecule has 101 valence electrons. The molecule has 0 bridgehead atoms. The molecule has 0 heterocycles. The third-order valence-electron chi connectivity index (χ3n) is 3.16. The van der Waals surface area contributed by atoms with E-state index in [2.05, 4.69) is 19.1 Å². The summed E-state index contributed by atoms with van der Waals surface area (Å²) in [5.74, 6) is 0. The molecule has 0 aliphatic carbocycles. The summed E-state index contributed by atoms with van der Waals surface area (Å²) in [4.78, 5) is 0. The highest BCUT2D eigenvalue weighted by molar-refractivity contribution is 4.81. The number of hydrogen-bond donors (Lipinski definition) is 0. The Kier molecular flexibility index (Phi) is 15.4. The first-order valence-corrected chi connectivity index (χ1v) is 7.65. The van der Waals surface area contributed by atoms with Crippen LogP contribution in [0.5, 0.6) is 0 Å². The Morgan fingerprint density at radius 2 is 1.12 bits per heavy atom. The lowest BCUT2D eigenvalue weighted by atomic mass is 10.1. The molecule has 0 amide bonds. The second kappa shape index (κ2) is 15.7. The molecule has 0 aromatic rings. The van der Waals surface area contributed by atoms with Gasteiger partial charge in [-0.1, -0.05) is 64.0 Å². The molecule has 0 aliphatic rings. The van der Waals surface area contributed by atoms with Crippen LogP contribution in [0.1, 0.15) is 84.0 Å². The second-order valence-corrected chi connectivity index (χ2v) is 4.93. The highest BCUT2D eigenvalue weighted by atomic mass is 16.2. The third-order valence-corrected chi connectivity index (χ3v) is 3.16. The van der Waals surface area contributed by atoms with Crippen molar-refractivity contribution in [3.8, 4) is 0 Å². The van der Waals surface area contributed by atoms with Crippen molar-refractivity contribution in [3.05, 3.63) is 12.2 Å². The van der Waals surface area contributed by atoms with Crippen LogP contribution in [0, 0.1) is 0 Å². The Balaban J connectivity index is 2.99. The van der Waals surface area contributed by atoms with Crippen LogP contribution >= 0.6 is 0 Å². The topological polar surface area (TPSA) is 19.9 Å². The van der Waals surface area contributed by atoms with Crippen molar-refractivity contribution in [2.45, 2.75) is 84.0 Å². The molecule has 0 aliphatic heterocycles. The van der Waals surface area contributed by atoms with Crippen LogP contribution in [0.25, 0.3) is 0 Å². The van der Waals surface area contributed by atoms with E-state index in [0.29, 0.717) is 0 Å². The van der Waals surface area contributed by atoms with E-state index in [4.69, 9.17) is 0 Å². The molecule has 0 spiro atoms. The minimum Gasteiger partial charge on any atom is -0.237 e. The van der Waals surface area contributed by atoms with Crippen LogP contribution in [0.3, 0.4) is 0 Å². The summed E-state index contributed by atoms with van der Waals surface area (Å²) in [6.45, 7) is 2.37. The van der Waals surface area contributed by atoms with Crippen LogP contribution in [0.2, 0.25) is 0 Å². The second-order valence-electron chi connectivity index (χ2n) is 4.93. The highest BCUT2D eigenvalue weighted by Gasteiger charge is 1.90. The summed E-state index contributed by atoms with van der Waals surface area (Å²) in [6, 6.07) is 0. The molecule has 0 unspecified atom stereocenters. The van der Waals surface area contributed by atoms with E-state index in [1.807, 2.05) is 0 Å². The van der Waals surface area contributed by atoms with E-state index < -0.39 is 0 Å². The highest BCUT2D eigenvalue weighted by Crippen LogP contribution is 2.08. The molecule has 0 saturated heterocycles. The summed E-state index contributed by atoms with van der Waals surface area (Å²) in [7, 11) is 0. The monoisotopic (exact) mass is 239 g/mol. The van der Waals surface area contributed by atoms with Crippen molar-refractivity contribution in [2.75, 3.05) is 6.61 Å². The first kappa shape index (κ1) is 16.7. The van der Waals surface area contributed by atoms with Crippen LogP contribution < -0.4 is 0 Å². The molecule has 0 aromatic heterocycles. The number of allylic oxidation sites excluding steroid dienone is 2. The van der Waals surface area contributed by atoms with E-state index in [0.717, 1.165) is 12.8 Å². The molecule has 1 radical (unpaired) electrons. The van der Waals surface area contributed by atoms with Gasteiger partial charge in [-0.15, -0.1) is 0 Å². The van der Waals surface area contributed by atoms with Crippen molar-refractivity contribution in [1.29, 1.82) is 0 Å². The Hall–Kier alpha value is -0.300. The van der Waals surface area contributed by atoms with Gasteiger partial charge in [-0.3, -0.25) is 0 Å². The molecule has 1 nitrogen and oxygen atoms in total. The number of rotatable bonds is 13. The minimum absolute atomic E-state index is 0.112. The third kappa shape index (κ3) is 15.7. The zero-order valence-corrected chi connectivity index (χ0v) is 11.8. The van der Waals surface area contributed by atoms with Crippen LogP contribution in [0.15, 0.2) is 12.2 Å². The lowest BCUT2D eigenvalue weighted by molar-refractivity contribution is 0.186. The quantitative estimate of drug-likeness (QED) is 0.291. The smallest absolute Gasteiger partial charge is 0.0822 e. The van der Waals surface area contributed by atoms with Gasteiger partial charge < -0.3 is 0 Å². The molecule has 1 heteroatoms. The summed E-state index contributed by atoms with van der Waals surface area (Å²) >= 11 is 0. The molecule has 0 N–H and O–H groups in total. The molecule has 0 atom stereocenters. The van der Waals surface area contributed by atoms with Crippen LogP contribution in [0.4, 0.5) is 0 Å². The molecule has 0 fully saturated rings. The van der Waals surface area contributed by atoms with Crippen LogP contribution in [-0.2, 0) is 5.11 Å². The van der Waals surface area contributed by atoms with Gasteiger partial charge in [0.15, 0.2) is 0 Å². The lowest BCUT2D eigenvalue weighted by Crippen LogP contribution is -1.82. The molecule has 0 saturated carbocycles. The SMILES string of the molecule is CCCCCCC=CCCCCCCCC[O]. The fourth-order valence-corrected chi connectivity index (χ4v) is 2.00. The molecule has 0 rings (SSSR count). The van der Waals surface area contributed by atoms with Gasteiger partial charge in [0, 0.05) is 0 Å². The first-order valence-electron chi connectivity index (χ1n) is 7.65. The fraction of sp³-hybridized carbons (Fsp3) is 0.875. The van der Waals surface area contributed by atoms with Gasteiger partial charge in [0.2, 0.25) is 0 Å². The lowest BCUT2D eigenvalue weighted by Gasteiger charge is -1.98. The predicted octanol–water partition coefficient (Wildman–Crippen LogP) is 5.67. The van der Waals surface area contributed by atoms with Gasteiger partial charge in [-0.05, 0) is 32.1 Å². The average molecular weight is 239 g/mol. The van der Waals surface area contributed by atoms with Crippen molar-refractivity contribution < 1.29 is 5.11 Å². The fourth-order valence-electron chi connectivity index (χ4n) is 2.00. The largest absolute Gasteiger partial charge is 0.237 e. The van der Waals surface area contributed by atoms with Crippen molar-refractivity contribution >= 4 is 0 Å². The average Bonchev–Trinajstić information content (AvgIpc) is 2.35. The van der Waals surface area contributed by atoms with Gasteiger partial charge >= 0.3 is 0 Å². The van der Waals surface area contributed by atoms with Crippen molar-refractivity contribution in [2.24, 2.45) is 0 Å². The van der Waals surface area contributed by atoms with E-state index in [1.54, 1.807) is 0 Å². The molecule has 17 heavy (non-hydrogen) atoms.